The van der Waals surface area contributed by atoms with Crippen molar-refractivity contribution in [2.75, 3.05) is 13.2 Å². The summed E-state index contributed by atoms with van der Waals surface area (Å²) in [6.07, 6.45) is -0.974. The summed E-state index contributed by atoms with van der Waals surface area (Å²) in [6.45, 7) is 7.44. The summed E-state index contributed by atoms with van der Waals surface area (Å²) < 4.78 is 21.5. The van der Waals surface area contributed by atoms with Crippen LogP contribution in [0.1, 0.15) is 54.7 Å². The molecule has 2 unspecified atom stereocenters. The average molecular weight is 498 g/mol. The number of amides is 1. The SMILES string of the molecule is Cc1ccccc1C(CNC(=O)c1cc(OCC(O)C(C)(C)C)n(-c2ccccc2F)n1)CC(=O)O. The number of carboxylic acids is 1. The van der Waals surface area contributed by atoms with Gasteiger partial charge in [-0.1, -0.05) is 57.2 Å². The molecule has 0 aliphatic rings. The van der Waals surface area contributed by atoms with Gasteiger partial charge >= 0.3 is 5.97 Å². The van der Waals surface area contributed by atoms with Crippen LogP contribution in [0, 0.1) is 18.2 Å². The Morgan fingerprint density at radius 3 is 2.44 bits per heavy atom. The molecule has 9 heteroatoms. The van der Waals surface area contributed by atoms with Crippen LogP contribution in [-0.4, -0.2) is 51.1 Å². The van der Waals surface area contributed by atoms with Gasteiger partial charge in [-0.05, 0) is 35.6 Å². The van der Waals surface area contributed by atoms with Crippen LogP contribution < -0.4 is 10.1 Å². The maximum Gasteiger partial charge on any atom is 0.304 e. The molecule has 2 aromatic carbocycles. The Morgan fingerprint density at radius 1 is 1.14 bits per heavy atom. The molecule has 3 N–H and O–H groups in total. The number of aryl methyl sites for hydroxylation is 1. The van der Waals surface area contributed by atoms with Gasteiger partial charge in [0, 0.05) is 18.5 Å². The van der Waals surface area contributed by atoms with Crippen molar-refractivity contribution in [1.82, 2.24) is 15.1 Å². The molecule has 0 saturated carbocycles. The van der Waals surface area contributed by atoms with Crippen molar-refractivity contribution in [3.63, 3.8) is 0 Å². The molecule has 3 aromatic rings. The number of ether oxygens (including phenoxy) is 1. The van der Waals surface area contributed by atoms with Crippen LogP contribution in [0.4, 0.5) is 4.39 Å². The molecule has 0 radical (unpaired) electrons. The second kappa shape index (κ2) is 11.3. The van der Waals surface area contributed by atoms with Gasteiger partial charge in [-0.3, -0.25) is 9.59 Å². The Hall–Kier alpha value is -3.72. The summed E-state index contributed by atoms with van der Waals surface area (Å²) in [5, 5.41) is 26.7. The minimum absolute atomic E-state index is 0.0302. The van der Waals surface area contributed by atoms with E-state index in [0.717, 1.165) is 11.1 Å². The normalized spacial score (nSPS) is 13.2. The summed E-state index contributed by atoms with van der Waals surface area (Å²) in [5.74, 6) is -2.45. The summed E-state index contributed by atoms with van der Waals surface area (Å²) >= 11 is 0. The standard InChI is InChI=1S/C27H32FN3O5/c1-17-9-5-6-10-19(17)18(13-25(33)34)15-29-26(35)21-14-24(36-16-23(32)27(2,3)4)31(30-21)22-12-8-7-11-20(22)28/h5-12,14,18,23,32H,13,15-16H2,1-4H3,(H,29,35)(H,33,34). The minimum Gasteiger partial charge on any atom is -0.481 e. The Balaban J connectivity index is 1.85. The van der Waals surface area contributed by atoms with E-state index in [-0.39, 0.29) is 36.8 Å². The fraction of sp³-hybridized carbons (Fsp3) is 0.370. The highest BCUT2D eigenvalue weighted by atomic mass is 19.1. The molecule has 3 rings (SSSR count). The van der Waals surface area contributed by atoms with Crippen molar-refractivity contribution in [1.29, 1.82) is 0 Å². The van der Waals surface area contributed by atoms with Gasteiger partial charge < -0.3 is 20.3 Å². The number of carboxylic acid groups (broad SMARTS) is 1. The number of rotatable bonds is 10. The summed E-state index contributed by atoms with van der Waals surface area (Å²) in [7, 11) is 0. The summed E-state index contributed by atoms with van der Waals surface area (Å²) in [6, 6.07) is 14.7. The van der Waals surface area contributed by atoms with Gasteiger partial charge in [0.05, 0.1) is 12.5 Å². The van der Waals surface area contributed by atoms with Crippen LogP contribution in [0.25, 0.3) is 5.69 Å². The van der Waals surface area contributed by atoms with Gasteiger partial charge in [-0.25, -0.2) is 4.39 Å². The molecule has 0 saturated heterocycles. The molecule has 2 atom stereocenters. The third-order valence-corrected chi connectivity index (χ3v) is 5.94. The van der Waals surface area contributed by atoms with Crippen LogP contribution in [0.15, 0.2) is 54.6 Å². The van der Waals surface area contributed by atoms with E-state index in [1.807, 2.05) is 52.0 Å². The lowest BCUT2D eigenvalue weighted by atomic mass is 9.90. The summed E-state index contributed by atoms with van der Waals surface area (Å²) in [5.41, 5.74) is 1.36. The predicted molar refractivity (Wildman–Crippen MR) is 133 cm³/mol. The fourth-order valence-electron chi connectivity index (χ4n) is 3.64. The number of aliphatic carboxylic acids is 1. The van der Waals surface area contributed by atoms with E-state index in [2.05, 4.69) is 10.4 Å². The van der Waals surface area contributed by atoms with Crippen molar-refractivity contribution < 1.29 is 28.9 Å². The molecule has 1 aromatic heterocycles. The van der Waals surface area contributed by atoms with Gasteiger partial charge in [0.15, 0.2) is 5.69 Å². The highest BCUT2D eigenvalue weighted by Gasteiger charge is 2.25. The quantitative estimate of drug-likeness (QED) is 0.389. The van der Waals surface area contributed by atoms with E-state index in [9.17, 15) is 24.2 Å². The van der Waals surface area contributed by atoms with Gasteiger partial charge in [0.1, 0.15) is 18.1 Å². The average Bonchev–Trinajstić information content (AvgIpc) is 3.24. The van der Waals surface area contributed by atoms with E-state index < -0.39 is 35.1 Å². The summed E-state index contributed by atoms with van der Waals surface area (Å²) in [4.78, 5) is 24.4. The molecule has 0 aliphatic carbocycles. The Labute approximate surface area is 209 Å². The number of carbonyl (C=O) groups excluding carboxylic acids is 1. The van der Waals surface area contributed by atoms with Crippen molar-refractivity contribution in [3.8, 4) is 11.6 Å². The Kier molecular flexibility index (Phi) is 8.47. The third-order valence-electron chi connectivity index (χ3n) is 5.94. The van der Waals surface area contributed by atoms with Crippen LogP contribution >= 0.6 is 0 Å². The van der Waals surface area contributed by atoms with Crippen molar-refractivity contribution in [2.24, 2.45) is 5.41 Å². The van der Waals surface area contributed by atoms with Gasteiger partial charge in [0.25, 0.3) is 5.91 Å². The van der Waals surface area contributed by atoms with E-state index >= 15 is 0 Å². The maximum atomic E-state index is 14.5. The monoisotopic (exact) mass is 497 g/mol. The second-order valence-corrected chi connectivity index (χ2v) is 9.79. The number of aliphatic hydroxyl groups excluding tert-OH is 1. The first-order chi connectivity index (χ1) is 17.0. The number of aliphatic hydroxyl groups is 1. The molecule has 1 amide bonds. The van der Waals surface area contributed by atoms with Gasteiger partial charge in [0.2, 0.25) is 5.88 Å². The number of carbonyl (C=O) groups is 2. The number of halogens is 1. The van der Waals surface area contributed by atoms with E-state index in [0.29, 0.717) is 0 Å². The lowest BCUT2D eigenvalue weighted by molar-refractivity contribution is -0.137. The lowest BCUT2D eigenvalue weighted by Crippen LogP contribution is -2.32. The molecule has 0 fully saturated rings. The van der Waals surface area contributed by atoms with Crippen molar-refractivity contribution >= 4 is 11.9 Å². The zero-order valence-corrected chi connectivity index (χ0v) is 20.9. The molecule has 0 bridgehead atoms. The molecule has 8 nitrogen and oxygen atoms in total. The predicted octanol–water partition coefficient (Wildman–Crippen LogP) is 4.09. The zero-order chi connectivity index (χ0) is 26.5. The van der Waals surface area contributed by atoms with Crippen LogP contribution in [0.3, 0.4) is 0 Å². The number of hydrogen-bond donors (Lipinski definition) is 3. The van der Waals surface area contributed by atoms with E-state index in [1.54, 1.807) is 6.07 Å². The topological polar surface area (TPSA) is 114 Å². The Morgan fingerprint density at radius 2 is 1.81 bits per heavy atom. The molecule has 0 spiro atoms. The number of para-hydroxylation sites is 1. The van der Waals surface area contributed by atoms with E-state index in [1.165, 1.54) is 28.9 Å². The molecular formula is C27H32FN3O5. The number of nitrogens with zero attached hydrogens (tertiary/aromatic N) is 2. The first-order valence-corrected chi connectivity index (χ1v) is 11.7. The Bertz CT molecular complexity index is 1220. The largest absolute Gasteiger partial charge is 0.481 e. The number of aromatic nitrogens is 2. The first kappa shape index (κ1) is 26.9. The highest BCUT2D eigenvalue weighted by molar-refractivity contribution is 5.92. The van der Waals surface area contributed by atoms with Crippen LogP contribution in [-0.2, 0) is 4.79 Å². The smallest absolute Gasteiger partial charge is 0.304 e. The van der Waals surface area contributed by atoms with Gasteiger partial charge in [-0.2, -0.15) is 9.78 Å². The first-order valence-electron chi connectivity index (χ1n) is 11.7. The highest BCUT2D eigenvalue weighted by Crippen LogP contribution is 2.26. The number of nitrogens with one attached hydrogen (secondary N) is 1. The number of benzene rings is 2. The maximum absolute atomic E-state index is 14.5. The minimum atomic E-state index is -0.977. The fourth-order valence-corrected chi connectivity index (χ4v) is 3.64. The number of hydrogen-bond acceptors (Lipinski definition) is 5. The van der Waals surface area contributed by atoms with Gasteiger partial charge in [-0.15, -0.1) is 0 Å². The van der Waals surface area contributed by atoms with Crippen molar-refractivity contribution in [2.45, 2.75) is 46.1 Å². The van der Waals surface area contributed by atoms with Crippen molar-refractivity contribution in [3.05, 3.63) is 77.2 Å². The lowest BCUT2D eigenvalue weighted by Gasteiger charge is -2.25. The van der Waals surface area contributed by atoms with Crippen LogP contribution in [0.2, 0.25) is 0 Å². The van der Waals surface area contributed by atoms with Crippen LogP contribution in [0.5, 0.6) is 5.88 Å². The molecule has 36 heavy (non-hydrogen) atoms. The molecular weight excluding hydrogens is 465 g/mol. The molecule has 1 heterocycles. The molecule has 192 valence electrons. The third kappa shape index (κ3) is 6.69. The zero-order valence-electron chi connectivity index (χ0n) is 20.9. The second-order valence-electron chi connectivity index (χ2n) is 9.79. The molecule has 0 aliphatic heterocycles. The van der Waals surface area contributed by atoms with E-state index in [4.69, 9.17) is 4.74 Å².